The Morgan fingerprint density at radius 3 is 2.67 bits per heavy atom. The molecule has 0 saturated carbocycles. The van der Waals surface area contributed by atoms with Crippen LogP contribution in [0.15, 0.2) is 54.6 Å². The second-order valence-corrected chi connectivity index (χ2v) is 9.81. The number of rotatable bonds is 9. The molecule has 2 aromatic rings. The third-order valence-corrected chi connectivity index (χ3v) is 7.29. The number of amides is 1. The number of piperidine rings is 1. The summed E-state index contributed by atoms with van der Waals surface area (Å²) in [5, 5.41) is 2.93. The molecule has 1 atom stereocenters. The maximum Gasteiger partial charge on any atom is 0.228 e. The van der Waals surface area contributed by atoms with Gasteiger partial charge in [-0.1, -0.05) is 42.5 Å². The number of carbonyl (C=O) groups excluding carboxylic acids is 1. The van der Waals surface area contributed by atoms with Crippen molar-refractivity contribution in [2.45, 2.75) is 32.3 Å². The van der Waals surface area contributed by atoms with Crippen LogP contribution in [-0.4, -0.2) is 44.6 Å². The molecule has 0 aliphatic carbocycles. The monoisotopic (exact) mass is 430 g/mol. The van der Waals surface area contributed by atoms with E-state index in [4.69, 9.17) is 4.74 Å². The van der Waals surface area contributed by atoms with Crippen molar-refractivity contribution in [3.05, 3.63) is 65.7 Å². The van der Waals surface area contributed by atoms with Gasteiger partial charge in [-0.25, -0.2) is 12.7 Å². The summed E-state index contributed by atoms with van der Waals surface area (Å²) in [5.41, 5.74) is 2.82. The number of ether oxygens (including phenoxy) is 1. The number of methoxy groups -OCH3 is 1. The zero-order valence-electron chi connectivity index (χ0n) is 17.4. The lowest BCUT2D eigenvalue weighted by Crippen LogP contribution is -2.44. The van der Waals surface area contributed by atoms with E-state index < -0.39 is 10.0 Å². The summed E-state index contributed by atoms with van der Waals surface area (Å²) in [6.07, 6.45) is 2.70. The van der Waals surface area contributed by atoms with Gasteiger partial charge < -0.3 is 10.1 Å². The second-order valence-electron chi connectivity index (χ2n) is 7.72. The maximum atomic E-state index is 12.8. The van der Waals surface area contributed by atoms with Gasteiger partial charge in [0.2, 0.25) is 15.9 Å². The van der Waals surface area contributed by atoms with Gasteiger partial charge in [-0.2, -0.15) is 0 Å². The maximum absolute atomic E-state index is 12.8. The van der Waals surface area contributed by atoms with Crippen molar-refractivity contribution < 1.29 is 17.9 Å². The van der Waals surface area contributed by atoms with E-state index in [0.29, 0.717) is 38.1 Å². The van der Waals surface area contributed by atoms with E-state index in [1.54, 1.807) is 7.11 Å². The van der Waals surface area contributed by atoms with Crippen LogP contribution in [0.1, 0.15) is 30.4 Å². The minimum atomic E-state index is -3.37. The van der Waals surface area contributed by atoms with Gasteiger partial charge in [-0.3, -0.25) is 4.79 Å². The highest BCUT2D eigenvalue weighted by Crippen LogP contribution is 2.22. The smallest absolute Gasteiger partial charge is 0.228 e. The lowest BCUT2D eigenvalue weighted by atomic mass is 9.98. The van der Waals surface area contributed by atoms with Crippen molar-refractivity contribution in [2.24, 2.45) is 5.92 Å². The number of anilines is 1. The molecule has 1 fully saturated rings. The first kappa shape index (κ1) is 22.5. The summed E-state index contributed by atoms with van der Waals surface area (Å²) >= 11 is 0. The summed E-state index contributed by atoms with van der Waals surface area (Å²) < 4.78 is 32.2. The van der Waals surface area contributed by atoms with Crippen molar-refractivity contribution in [2.75, 3.05) is 31.3 Å². The van der Waals surface area contributed by atoms with E-state index >= 15 is 0 Å². The Morgan fingerprint density at radius 2 is 1.90 bits per heavy atom. The quantitative estimate of drug-likeness (QED) is 0.661. The summed E-state index contributed by atoms with van der Waals surface area (Å²) in [4.78, 5) is 12.7. The number of benzene rings is 2. The third kappa shape index (κ3) is 6.39. The molecule has 1 aliphatic heterocycles. The number of nitrogens with one attached hydrogen (secondary N) is 1. The molecule has 0 aromatic heterocycles. The highest BCUT2D eigenvalue weighted by atomic mass is 32.2. The van der Waals surface area contributed by atoms with E-state index in [2.05, 4.69) is 5.32 Å². The number of sulfonamides is 1. The van der Waals surface area contributed by atoms with Gasteiger partial charge in [0.15, 0.2) is 0 Å². The van der Waals surface area contributed by atoms with Crippen LogP contribution in [-0.2, 0) is 32.6 Å². The fourth-order valence-electron chi connectivity index (χ4n) is 3.79. The van der Waals surface area contributed by atoms with Gasteiger partial charge in [0, 0.05) is 25.9 Å². The van der Waals surface area contributed by atoms with Crippen LogP contribution < -0.4 is 5.32 Å². The van der Waals surface area contributed by atoms with Gasteiger partial charge in [-0.15, -0.1) is 0 Å². The Hall–Kier alpha value is -2.22. The predicted molar refractivity (Wildman–Crippen MR) is 119 cm³/mol. The SMILES string of the molecule is COCc1cccc(NC(=O)C2CCCN(S(=O)(=O)CCCc3ccccc3)C2)c1. The van der Waals surface area contributed by atoms with Crippen LogP contribution in [0, 0.1) is 5.92 Å². The van der Waals surface area contributed by atoms with Gasteiger partial charge in [-0.05, 0) is 48.9 Å². The molecular formula is C23H30N2O4S. The summed E-state index contributed by atoms with van der Waals surface area (Å²) in [5.74, 6) is -0.363. The molecule has 162 valence electrons. The van der Waals surface area contributed by atoms with Gasteiger partial charge in [0.1, 0.15) is 0 Å². The molecule has 6 nitrogen and oxygen atoms in total. The Kier molecular flexibility index (Phi) is 8.01. The largest absolute Gasteiger partial charge is 0.380 e. The van der Waals surface area contributed by atoms with Crippen LogP contribution in [0.2, 0.25) is 0 Å². The van der Waals surface area contributed by atoms with Crippen molar-refractivity contribution in [1.29, 1.82) is 0 Å². The van der Waals surface area contributed by atoms with Crippen LogP contribution >= 0.6 is 0 Å². The summed E-state index contributed by atoms with van der Waals surface area (Å²) in [6.45, 7) is 1.21. The van der Waals surface area contributed by atoms with Crippen molar-refractivity contribution >= 4 is 21.6 Å². The van der Waals surface area contributed by atoms with Crippen molar-refractivity contribution in [3.63, 3.8) is 0 Å². The average Bonchev–Trinajstić information content (AvgIpc) is 2.75. The molecule has 2 aromatic carbocycles. The first-order chi connectivity index (χ1) is 14.5. The number of carbonyl (C=O) groups is 1. The molecule has 1 N–H and O–H groups in total. The third-order valence-electron chi connectivity index (χ3n) is 5.36. The number of aryl methyl sites for hydroxylation is 1. The van der Waals surface area contributed by atoms with Gasteiger partial charge >= 0.3 is 0 Å². The van der Waals surface area contributed by atoms with Crippen LogP contribution in [0.25, 0.3) is 0 Å². The Labute approximate surface area is 179 Å². The first-order valence-corrected chi connectivity index (χ1v) is 12.0. The predicted octanol–water partition coefficient (Wildman–Crippen LogP) is 3.45. The summed E-state index contributed by atoms with van der Waals surface area (Å²) in [7, 11) is -1.74. The zero-order valence-corrected chi connectivity index (χ0v) is 18.2. The molecule has 1 heterocycles. The standard InChI is InChI=1S/C23H30N2O4S/c1-29-18-20-10-5-13-22(16-20)24-23(26)21-12-6-14-25(17-21)30(27,28)15-7-11-19-8-3-2-4-9-19/h2-5,8-10,13,16,21H,6-7,11-12,14-15,17-18H2,1H3,(H,24,26). The minimum absolute atomic E-state index is 0.106. The number of hydrogen-bond acceptors (Lipinski definition) is 4. The van der Waals surface area contributed by atoms with Crippen LogP contribution in [0.3, 0.4) is 0 Å². The minimum Gasteiger partial charge on any atom is -0.380 e. The zero-order chi connectivity index (χ0) is 21.4. The average molecular weight is 431 g/mol. The van der Waals surface area contributed by atoms with Crippen LogP contribution in [0.5, 0.6) is 0 Å². The van der Waals surface area contributed by atoms with E-state index in [1.165, 1.54) is 4.31 Å². The highest BCUT2D eigenvalue weighted by Gasteiger charge is 2.32. The van der Waals surface area contributed by atoms with E-state index in [1.807, 2.05) is 54.6 Å². The summed E-state index contributed by atoms with van der Waals surface area (Å²) in [6, 6.07) is 17.4. The van der Waals surface area contributed by atoms with E-state index in [0.717, 1.165) is 17.5 Å². The lowest BCUT2D eigenvalue weighted by molar-refractivity contribution is -0.120. The Bertz CT molecular complexity index is 931. The highest BCUT2D eigenvalue weighted by molar-refractivity contribution is 7.89. The van der Waals surface area contributed by atoms with Crippen molar-refractivity contribution in [3.8, 4) is 0 Å². The fraction of sp³-hybridized carbons (Fsp3) is 0.435. The topological polar surface area (TPSA) is 75.7 Å². The van der Waals surface area contributed by atoms with E-state index in [-0.39, 0.29) is 24.1 Å². The molecule has 0 bridgehead atoms. The molecule has 3 rings (SSSR count). The molecule has 1 unspecified atom stereocenters. The Balaban J connectivity index is 1.54. The molecule has 7 heteroatoms. The lowest BCUT2D eigenvalue weighted by Gasteiger charge is -2.31. The molecule has 1 amide bonds. The number of hydrogen-bond donors (Lipinski definition) is 1. The normalized spacial score (nSPS) is 17.6. The molecule has 1 saturated heterocycles. The molecule has 30 heavy (non-hydrogen) atoms. The second kappa shape index (κ2) is 10.7. The van der Waals surface area contributed by atoms with Gasteiger partial charge in [0.25, 0.3) is 0 Å². The fourth-order valence-corrected chi connectivity index (χ4v) is 5.37. The van der Waals surface area contributed by atoms with Gasteiger partial charge in [0.05, 0.1) is 18.3 Å². The molecule has 1 aliphatic rings. The number of nitrogens with zero attached hydrogens (tertiary/aromatic N) is 1. The van der Waals surface area contributed by atoms with E-state index in [9.17, 15) is 13.2 Å². The van der Waals surface area contributed by atoms with Crippen LogP contribution in [0.4, 0.5) is 5.69 Å². The molecule has 0 spiro atoms. The van der Waals surface area contributed by atoms with Crippen molar-refractivity contribution in [1.82, 2.24) is 4.31 Å². The Morgan fingerprint density at radius 1 is 1.13 bits per heavy atom. The first-order valence-electron chi connectivity index (χ1n) is 10.4. The molecule has 0 radical (unpaired) electrons. The molecular weight excluding hydrogens is 400 g/mol.